The number of alkyl halides is 2. The van der Waals surface area contributed by atoms with Crippen LogP contribution in [0.5, 0.6) is 0 Å². The summed E-state index contributed by atoms with van der Waals surface area (Å²) in [6, 6.07) is 0. The summed E-state index contributed by atoms with van der Waals surface area (Å²) >= 11 is -0.265. The zero-order valence-corrected chi connectivity index (χ0v) is 19.1. The summed E-state index contributed by atoms with van der Waals surface area (Å²) in [7, 11) is -5.22. The molecule has 7 nitrogen and oxygen atoms in total. The molecule has 0 aromatic heterocycles. The molecular formula is C19H33F2N3O4SSi. The molecule has 0 fully saturated rings. The first kappa shape index (κ1) is 30.8. The first-order valence-electron chi connectivity index (χ1n) is 8.87. The second-order valence-electron chi connectivity index (χ2n) is 5.44. The van der Waals surface area contributed by atoms with Gasteiger partial charge < -0.3 is 18.8 Å². The molecule has 2 N–H and O–H groups in total. The second-order valence-corrected chi connectivity index (χ2v) is 8.82. The Morgan fingerprint density at radius 3 is 1.07 bits per heavy atom. The van der Waals surface area contributed by atoms with E-state index in [1.54, 1.807) is 0 Å². The molecule has 0 saturated heterocycles. The summed E-state index contributed by atoms with van der Waals surface area (Å²) in [5.41, 5.74) is 0. The maximum absolute atomic E-state index is 10.8. The molecule has 0 spiro atoms. The summed E-state index contributed by atoms with van der Waals surface area (Å²) in [6.07, 6.45) is 11.5. The Kier molecular flexibility index (Phi) is 18.8. The van der Waals surface area contributed by atoms with Crippen LogP contribution in [0, 0.1) is 0 Å². The Morgan fingerprint density at radius 2 is 0.967 bits per heavy atom. The molecule has 0 rings (SSSR count). The van der Waals surface area contributed by atoms with Crippen molar-refractivity contribution < 1.29 is 27.6 Å². The normalized spacial score (nSPS) is 11.4. The molecule has 172 valence electrons. The lowest BCUT2D eigenvalue weighted by Crippen LogP contribution is -2.54. The summed E-state index contributed by atoms with van der Waals surface area (Å²) in [5.74, 6) is 0. The molecule has 0 amide bonds. The molecule has 30 heavy (non-hydrogen) atoms. The quantitative estimate of drug-likeness (QED) is 0.191. The highest BCUT2D eigenvalue weighted by molar-refractivity contribution is 7.90. The summed E-state index contributed by atoms with van der Waals surface area (Å²) in [6.45, 7) is 24.6. The van der Waals surface area contributed by atoms with Gasteiger partial charge in [-0.2, -0.15) is 8.78 Å². The van der Waals surface area contributed by atoms with Gasteiger partial charge in [-0.3, -0.25) is 0 Å². The Bertz CT molecular complexity index is 449. The molecule has 0 bridgehead atoms. The van der Waals surface area contributed by atoms with Crippen molar-refractivity contribution in [1.29, 1.82) is 0 Å². The molecule has 0 unspecified atom stereocenters. The fourth-order valence-electron chi connectivity index (χ4n) is 2.09. The third-order valence-corrected chi connectivity index (χ3v) is 5.70. The maximum atomic E-state index is 10.8. The monoisotopic (exact) mass is 465 g/mol. The molecule has 0 saturated carbocycles. The maximum Gasteiger partial charge on any atom is 0.411 e. The lowest BCUT2D eigenvalue weighted by molar-refractivity contribution is -0.321. The van der Waals surface area contributed by atoms with E-state index in [0.717, 1.165) is 39.3 Å². The largest absolute Gasteiger partial charge is 0.793 e. The van der Waals surface area contributed by atoms with Crippen LogP contribution in [0.1, 0.15) is 0 Å². The van der Waals surface area contributed by atoms with E-state index in [9.17, 15) is 13.6 Å². The van der Waals surface area contributed by atoms with Gasteiger partial charge in [-0.05, 0) is 0 Å². The number of halogens is 2. The van der Waals surface area contributed by atoms with E-state index in [2.05, 4.69) is 56.8 Å². The number of rotatable bonds is 17. The van der Waals surface area contributed by atoms with E-state index in [-0.39, 0.29) is 11.5 Å². The van der Waals surface area contributed by atoms with Gasteiger partial charge in [0.1, 0.15) is 0 Å². The van der Waals surface area contributed by atoms with Gasteiger partial charge in [0.15, 0.2) is 0 Å². The molecule has 0 aliphatic rings. The third kappa shape index (κ3) is 15.4. The lowest BCUT2D eigenvalue weighted by atomic mass is 10.5. The standard InChI is InChI=1S/C18H30N3S.CH3F2O4Si/c1-7-13-19(14-8-2)22(20(15-9-3)16-10-4)21(17-11-5)18-12-6;2-1(3)7-8(4,5)6/h7-12H,1-6,13-18H2;1,4-5H/q+1;-1. The van der Waals surface area contributed by atoms with Crippen molar-refractivity contribution in [3.05, 3.63) is 75.9 Å². The minimum Gasteiger partial charge on any atom is -0.793 e. The van der Waals surface area contributed by atoms with Crippen molar-refractivity contribution in [3.63, 3.8) is 0 Å². The third-order valence-electron chi connectivity index (χ3n) is 2.93. The van der Waals surface area contributed by atoms with Gasteiger partial charge in [-0.25, -0.2) is 0 Å². The number of hydrogen-bond acceptors (Lipinski definition) is 7. The molecule has 11 heteroatoms. The summed E-state index contributed by atoms with van der Waals surface area (Å²) < 4.78 is 31.4. The Morgan fingerprint density at radius 1 is 0.733 bits per heavy atom. The van der Waals surface area contributed by atoms with Crippen LogP contribution in [0.4, 0.5) is 8.78 Å². The molecule has 0 aromatic rings. The van der Waals surface area contributed by atoms with Gasteiger partial charge in [0, 0.05) is 0 Å². The zero-order valence-electron chi connectivity index (χ0n) is 17.2. The minimum atomic E-state index is -5.22. The van der Waals surface area contributed by atoms with Crippen LogP contribution in [-0.4, -0.2) is 77.4 Å². The van der Waals surface area contributed by atoms with Gasteiger partial charge >= 0.3 is 15.7 Å². The predicted octanol–water partition coefficient (Wildman–Crippen LogP) is 1.38. The summed E-state index contributed by atoms with van der Waals surface area (Å²) in [4.78, 5) is 24.7. The van der Waals surface area contributed by atoms with E-state index in [1.165, 1.54) is 0 Å². The average Bonchev–Trinajstić information content (AvgIpc) is 2.61. The number of nitrogens with zero attached hydrogens (tertiary/aromatic N) is 3. The van der Waals surface area contributed by atoms with E-state index >= 15 is 0 Å². The van der Waals surface area contributed by atoms with Crippen LogP contribution in [0.2, 0.25) is 0 Å². The highest BCUT2D eigenvalue weighted by atomic mass is 32.2. The van der Waals surface area contributed by atoms with Crippen molar-refractivity contribution in [2.45, 2.75) is 6.61 Å². The molecule has 0 aromatic carbocycles. The molecule has 0 aliphatic carbocycles. The molecule has 0 atom stereocenters. The van der Waals surface area contributed by atoms with Crippen LogP contribution >= 0.6 is 0 Å². The highest BCUT2D eigenvalue weighted by Crippen LogP contribution is 2.18. The predicted molar refractivity (Wildman–Crippen MR) is 121 cm³/mol. The molecular weight excluding hydrogens is 432 g/mol. The first-order valence-corrected chi connectivity index (χ1v) is 11.7. The average molecular weight is 466 g/mol. The smallest absolute Gasteiger partial charge is 0.411 e. The van der Waals surface area contributed by atoms with Crippen LogP contribution in [0.15, 0.2) is 75.9 Å². The fourth-order valence-corrected chi connectivity index (χ4v) is 4.74. The van der Waals surface area contributed by atoms with Crippen molar-refractivity contribution >= 4 is 20.5 Å². The van der Waals surface area contributed by atoms with Crippen LogP contribution in [-0.2, 0) is 15.9 Å². The topological polar surface area (TPSA) is 82.5 Å². The Labute approximate surface area is 183 Å². The van der Waals surface area contributed by atoms with Gasteiger partial charge in [0.2, 0.25) is 0 Å². The van der Waals surface area contributed by atoms with E-state index in [4.69, 9.17) is 9.59 Å². The van der Waals surface area contributed by atoms with E-state index in [1.807, 2.05) is 36.5 Å². The van der Waals surface area contributed by atoms with Gasteiger partial charge in [-0.15, -0.1) is 39.5 Å². The lowest BCUT2D eigenvalue weighted by Gasteiger charge is -2.31. The van der Waals surface area contributed by atoms with Crippen molar-refractivity contribution in [3.8, 4) is 0 Å². The van der Waals surface area contributed by atoms with Crippen LogP contribution in [0.3, 0.4) is 0 Å². The zero-order chi connectivity index (χ0) is 23.6. The second kappa shape index (κ2) is 18.4. The fraction of sp³-hybridized carbons (Fsp3) is 0.368. The van der Waals surface area contributed by atoms with Crippen LogP contribution < -0.4 is 4.80 Å². The van der Waals surface area contributed by atoms with Crippen LogP contribution in [0.25, 0.3) is 0 Å². The summed E-state index contributed by atoms with van der Waals surface area (Å²) in [5, 5.41) is 0. The minimum absolute atomic E-state index is 0.265. The SMILES string of the molecule is C=CCN(CC=C)[S+](N(CC=C)CC=C)N(CC=C)CC=C.[O-][Si](O)(O)OC(F)F. The van der Waals surface area contributed by atoms with Crippen molar-refractivity contribution in [2.75, 3.05) is 39.3 Å². The molecule has 0 radical (unpaired) electrons. The van der Waals surface area contributed by atoms with E-state index < -0.39 is 15.7 Å². The highest BCUT2D eigenvalue weighted by Gasteiger charge is 2.40. The van der Waals surface area contributed by atoms with Crippen molar-refractivity contribution in [1.82, 2.24) is 12.9 Å². The van der Waals surface area contributed by atoms with Gasteiger partial charge in [-0.1, -0.05) is 49.4 Å². The number of hydrogen-bond donors (Lipinski definition) is 2. The van der Waals surface area contributed by atoms with E-state index in [0.29, 0.717) is 0 Å². The molecule has 0 aliphatic heterocycles. The van der Waals surface area contributed by atoms with Gasteiger partial charge in [0.05, 0.1) is 39.3 Å². The molecule has 0 heterocycles. The Hall–Kier alpha value is -1.41. The van der Waals surface area contributed by atoms with Crippen molar-refractivity contribution in [2.24, 2.45) is 0 Å². The van der Waals surface area contributed by atoms with Gasteiger partial charge in [0.25, 0.3) is 11.5 Å². The Balaban J connectivity index is 0. The first-order chi connectivity index (χ1) is 14.1.